The molecule has 0 spiro atoms. The van der Waals surface area contributed by atoms with Gasteiger partial charge in [0.2, 0.25) is 0 Å². The molecule has 1 heterocycles. The van der Waals surface area contributed by atoms with E-state index in [-0.39, 0.29) is 37.8 Å². The van der Waals surface area contributed by atoms with Gasteiger partial charge in [-0.15, -0.1) is 0 Å². The fourth-order valence-electron chi connectivity index (χ4n) is 5.19. The van der Waals surface area contributed by atoms with Crippen LogP contribution in [0.5, 0.6) is 5.75 Å². The number of carboxylic acids is 4. The van der Waals surface area contributed by atoms with E-state index in [4.69, 9.17) is 24.1 Å². The molecule has 0 saturated heterocycles. The molecule has 0 unspecified atom stereocenters. The summed E-state index contributed by atoms with van der Waals surface area (Å²) in [4.78, 5) is 52.1. The standard InChI is InChI=1S/C33H36N4O11/c1-34-21-4-6-23-26(14-21)48-27-15-22(35-2)5-7-24(27)33(23)20-3-8-25(37(18-31(42)43)19-32(44)45)28(13-20)47-12-11-46-10-9-36(16-29(38)39)17-30(40)41/h3-8,13-15,34H,9-12,16-19H2,1-2H3,(H,38,39)(H,40,41)(H,42,43)(H,44,45)/b35-22+. The quantitative estimate of drug-likeness (QED) is 0.0765. The van der Waals surface area contributed by atoms with Crippen molar-refractivity contribution in [2.24, 2.45) is 4.99 Å². The van der Waals surface area contributed by atoms with Crippen LogP contribution in [0.4, 0.5) is 11.4 Å². The molecule has 4 rings (SSSR count). The van der Waals surface area contributed by atoms with Crippen LogP contribution in [0.1, 0.15) is 0 Å². The smallest absolute Gasteiger partial charge is 0.323 e. The number of nitrogens with one attached hydrogen (secondary N) is 1. The van der Waals surface area contributed by atoms with Crippen molar-refractivity contribution in [3.63, 3.8) is 0 Å². The summed E-state index contributed by atoms with van der Waals surface area (Å²) in [5, 5.41) is 41.7. The lowest BCUT2D eigenvalue weighted by Gasteiger charge is -2.25. The predicted molar refractivity (Wildman–Crippen MR) is 175 cm³/mol. The van der Waals surface area contributed by atoms with E-state index in [0.29, 0.717) is 22.3 Å². The number of aliphatic carboxylic acids is 4. The van der Waals surface area contributed by atoms with Crippen molar-refractivity contribution in [3.05, 3.63) is 60.0 Å². The molecule has 0 amide bonds. The number of ether oxygens (including phenoxy) is 2. The molecule has 5 N–H and O–H groups in total. The first-order chi connectivity index (χ1) is 23.0. The third kappa shape index (κ3) is 9.20. The lowest BCUT2D eigenvalue weighted by Crippen LogP contribution is -2.37. The van der Waals surface area contributed by atoms with E-state index in [1.807, 2.05) is 36.4 Å². The minimum absolute atomic E-state index is 0.0156. The molecular formula is C33H36N4O11. The van der Waals surface area contributed by atoms with Gasteiger partial charge in [0.15, 0.2) is 0 Å². The number of fused-ring (bicyclic) bond motifs is 2. The van der Waals surface area contributed by atoms with E-state index in [2.05, 4.69) is 10.3 Å². The van der Waals surface area contributed by atoms with Crippen LogP contribution in [0.2, 0.25) is 0 Å². The van der Waals surface area contributed by atoms with E-state index in [1.165, 1.54) is 9.80 Å². The number of carbonyl (C=O) groups is 4. The zero-order chi connectivity index (χ0) is 34.8. The van der Waals surface area contributed by atoms with Gasteiger partial charge in [-0.2, -0.15) is 0 Å². The van der Waals surface area contributed by atoms with Gasteiger partial charge in [-0.25, -0.2) is 0 Å². The average Bonchev–Trinajstić information content (AvgIpc) is 3.03. The van der Waals surface area contributed by atoms with Crippen LogP contribution in [0.3, 0.4) is 0 Å². The summed E-state index contributed by atoms with van der Waals surface area (Å²) < 4.78 is 17.9. The van der Waals surface area contributed by atoms with Crippen LogP contribution >= 0.6 is 0 Å². The van der Waals surface area contributed by atoms with E-state index < -0.39 is 50.1 Å². The summed E-state index contributed by atoms with van der Waals surface area (Å²) in [6.07, 6.45) is 0. The van der Waals surface area contributed by atoms with E-state index in [0.717, 1.165) is 22.2 Å². The molecule has 2 aromatic carbocycles. The summed E-state index contributed by atoms with van der Waals surface area (Å²) >= 11 is 0. The zero-order valence-electron chi connectivity index (χ0n) is 26.3. The highest BCUT2D eigenvalue weighted by Gasteiger charge is 2.22. The van der Waals surface area contributed by atoms with Crippen molar-refractivity contribution in [2.45, 2.75) is 0 Å². The van der Waals surface area contributed by atoms with Gasteiger partial charge in [0.1, 0.15) is 36.8 Å². The van der Waals surface area contributed by atoms with Gasteiger partial charge in [0, 0.05) is 55.0 Å². The molecule has 2 aliphatic rings. The highest BCUT2D eigenvalue weighted by molar-refractivity contribution is 6.03. The number of nitrogens with zero attached hydrogens (tertiary/aromatic N) is 3. The van der Waals surface area contributed by atoms with E-state index >= 15 is 0 Å². The number of carboxylic acid groups (broad SMARTS) is 4. The molecule has 15 heteroatoms. The van der Waals surface area contributed by atoms with Gasteiger partial charge in [-0.1, -0.05) is 6.07 Å². The summed E-state index contributed by atoms with van der Waals surface area (Å²) in [5.41, 5.74) is 3.91. The summed E-state index contributed by atoms with van der Waals surface area (Å²) in [6.45, 7) is -2.10. The Hall–Kier alpha value is -5.67. The average molecular weight is 665 g/mol. The number of benzene rings is 3. The van der Waals surface area contributed by atoms with Crippen molar-refractivity contribution in [3.8, 4) is 28.2 Å². The first-order valence-electron chi connectivity index (χ1n) is 14.8. The predicted octanol–water partition coefficient (Wildman–Crippen LogP) is 2.62. The largest absolute Gasteiger partial charge is 0.489 e. The number of rotatable bonds is 18. The Morgan fingerprint density at radius 2 is 1.50 bits per heavy atom. The second kappa shape index (κ2) is 16.2. The minimum atomic E-state index is -1.24. The van der Waals surface area contributed by atoms with Crippen LogP contribution in [0, 0.1) is 0 Å². The molecule has 1 aliphatic carbocycles. The molecule has 0 atom stereocenters. The Kier molecular flexibility index (Phi) is 11.9. The Bertz CT molecular complexity index is 1810. The van der Waals surface area contributed by atoms with Crippen LogP contribution in [0.25, 0.3) is 33.4 Å². The fourth-order valence-corrected chi connectivity index (χ4v) is 5.19. The lowest BCUT2D eigenvalue weighted by molar-refractivity contribution is -0.142. The Balaban J connectivity index is 1.71. The maximum atomic E-state index is 11.7. The van der Waals surface area contributed by atoms with E-state index in [9.17, 15) is 29.4 Å². The van der Waals surface area contributed by atoms with E-state index in [1.54, 1.807) is 32.3 Å². The van der Waals surface area contributed by atoms with Gasteiger partial charge < -0.3 is 44.5 Å². The highest BCUT2D eigenvalue weighted by atomic mass is 16.5. The van der Waals surface area contributed by atoms with Crippen LogP contribution in [-0.2, 0) is 23.9 Å². The third-order valence-corrected chi connectivity index (χ3v) is 7.25. The van der Waals surface area contributed by atoms with Crippen molar-refractivity contribution < 1.29 is 53.5 Å². The number of hydrogen-bond donors (Lipinski definition) is 5. The van der Waals surface area contributed by atoms with Crippen LogP contribution < -0.4 is 20.3 Å². The fraction of sp³-hybridized carbons (Fsp3) is 0.303. The number of hydrogen-bond acceptors (Lipinski definition) is 11. The van der Waals surface area contributed by atoms with Crippen molar-refractivity contribution in [1.82, 2.24) is 4.90 Å². The molecule has 0 bridgehead atoms. The molecule has 0 saturated carbocycles. The highest BCUT2D eigenvalue weighted by Crippen LogP contribution is 2.43. The molecule has 0 aromatic heterocycles. The zero-order valence-corrected chi connectivity index (χ0v) is 26.3. The summed E-state index contributed by atoms with van der Waals surface area (Å²) in [6, 6.07) is 16.3. The van der Waals surface area contributed by atoms with Crippen molar-refractivity contribution in [2.75, 3.05) is 76.9 Å². The SMILES string of the molecule is C/N=c1\ccc2c(-c3ccc(N(CC(=O)O)CC(=O)O)c(OCCOCCN(CC(=O)O)CC(=O)O)c3)c3ccc(NC)cc3oc-2c1. The summed E-state index contributed by atoms with van der Waals surface area (Å²) in [5.74, 6) is -4.04. The molecule has 15 nitrogen and oxygen atoms in total. The topological polar surface area (TPSA) is 212 Å². The van der Waals surface area contributed by atoms with Gasteiger partial charge in [0.05, 0.1) is 37.3 Å². The van der Waals surface area contributed by atoms with Crippen molar-refractivity contribution in [1.29, 1.82) is 0 Å². The Labute approximate surface area is 274 Å². The second-order valence-corrected chi connectivity index (χ2v) is 10.6. The molecule has 2 aromatic rings. The minimum Gasteiger partial charge on any atom is -0.489 e. The first-order valence-corrected chi connectivity index (χ1v) is 14.8. The molecular weight excluding hydrogens is 628 g/mol. The van der Waals surface area contributed by atoms with Gasteiger partial charge in [0.25, 0.3) is 0 Å². The Morgan fingerprint density at radius 3 is 2.12 bits per heavy atom. The third-order valence-electron chi connectivity index (χ3n) is 7.25. The van der Waals surface area contributed by atoms with Crippen molar-refractivity contribution >= 4 is 46.2 Å². The Morgan fingerprint density at radius 1 is 0.812 bits per heavy atom. The number of anilines is 2. The molecule has 48 heavy (non-hydrogen) atoms. The molecule has 1 aliphatic heterocycles. The van der Waals surface area contributed by atoms with Crippen LogP contribution in [0.15, 0.2) is 64.0 Å². The second-order valence-electron chi connectivity index (χ2n) is 10.6. The normalized spacial score (nSPS) is 11.6. The maximum Gasteiger partial charge on any atom is 0.323 e. The maximum absolute atomic E-state index is 11.7. The van der Waals surface area contributed by atoms with Gasteiger partial charge in [-0.3, -0.25) is 29.1 Å². The molecule has 0 fully saturated rings. The van der Waals surface area contributed by atoms with Crippen LogP contribution in [-0.4, -0.2) is 116 Å². The lowest BCUT2D eigenvalue weighted by atomic mass is 9.93. The first kappa shape index (κ1) is 35.2. The molecule has 254 valence electrons. The monoisotopic (exact) mass is 664 g/mol. The van der Waals surface area contributed by atoms with Gasteiger partial charge >= 0.3 is 23.9 Å². The summed E-state index contributed by atoms with van der Waals surface area (Å²) in [7, 11) is 3.47. The van der Waals surface area contributed by atoms with Gasteiger partial charge in [-0.05, 0) is 42.0 Å². The molecule has 0 radical (unpaired) electrons.